The molecule has 7 nitrogen and oxygen atoms in total. The van der Waals surface area contributed by atoms with Gasteiger partial charge in [0.1, 0.15) is 5.82 Å². The lowest BCUT2D eigenvalue weighted by molar-refractivity contribution is -0.127. The van der Waals surface area contributed by atoms with Crippen molar-refractivity contribution in [3.05, 3.63) is 36.2 Å². The zero-order valence-corrected chi connectivity index (χ0v) is 13.7. The van der Waals surface area contributed by atoms with Gasteiger partial charge < -0.3 is 14.8 Å². The Morgan fingerprint density at radius 1 is 1.17 bits per heavy atom. The lowest BCUT2D eigenvalue weighted by Crippen LogP contribution is -2.34. The highest BCUT2D eigenvalue weighted by Crippen LogP contribution is 2.26. The molecule has 0 spiro atoms. The first-order valence-corrected chi connectivity index (χ1v) is 8.64. The minimum Gasteiger partial charge on any atom is -0.350 e. The van der Waals surface area contributed by atoms with Crippen LogP contribution in [0.25, 0.3) is 0 Å². The molecular weight excluding hydrogens is 304 g/mol. The summed E-state index contributed by atoms with van der Waals surface area (Å²) in [6.07, 6.45) is 9.53. The number of carbonyl (C=O) groups is 1. The van der Waals surface area contributed by atoms with Crippen LogP contribution in [0.15, 0.2) is 24.7 Å². The molecule has 3 heterocycles. The number of anilines is 1. The molecule has 1 fully saturated rings. The third-order valence-corrected chi connectivity index (χ3v) is 4.97. The molecule has 1 saturated carbocycles. The summed E-state index contributed by atoms with van der Waals surface area (Å²) in [7, 11) is 0. The van der Waals surface area contributed by atoms with Crippen LogP contribution < -0.4 is 10.2 Å². The number of amides is 1. The number of imidazole rings is 1. The van der Waals surface area contributed by atoms with E-state index in [2.05, 4.69) is 29.7 Å². The van der Waals surface area contributed by atoms with Crippen LogP contribution in [0, 0.1) is 5.92 Å². The van der Waals surface area contributed by atoms with Gasteiger partial charge in [0.25, 0.3) is 0 Å². The van der Waals surface area contributed by atoms with Crippen molar-refractivity contribution >= 4 is 11.9 Å². The number of nitrogens with zero attached hydrogens (tertiary/aromatic N) is 5. The van der Waals surface area contributed by atoms with Crippen LogP contribution in [-0.4, -0.2) is 38.5 Å². The Bertz CT molecular complexity index is 709. The van der Waals surface area contributed by atoms with Gasteiger partial charge in [-0.3, -0.25) is 4.79 Å². The van der Waals surface area contributed by atoms with Crippen molar-refractivity contribution < 1.29 is 4.79 Å². The van der Waals surface area contributed by atoms with E-state index in [0.29, 0.717) is 6.54 Å². The molecule has 0 aromatic carbocycles. The predicted molar refractivity (Wildman–Crippen MR) is 89.4 cm³/mol. The van der Waals surface area contributed by atoms with E-state index in [9.17, 15) is 4.79 Å². The summed E-state index contributed by atoms with van der Waals surface area (Å²) in [6, 6.07) is 1.83. The van der Waals surface area contributed by atoms with Gasteiger partial charge in [-0.15, -0.1) is 0 Å². The van der Waals surface area contributed by atoms with Crippen molar-refractivity contribution in [2.45, 2.75) is 38.8 Å². The van der Waals surface area contributed by atoms with Crippen LogP contribution in [0.2, 0.25) is 0 Å². The minimum absolute atomic E-state index is 0.185. The molecule has 1 N–H and O–H groups in total. The monoisotopic (exact) mass is 326 g/mol. The second kappa shape index (κ2) is 6.59. The lowest BCUT2D eigenvalue weighted by atomic mass is 9.85. The molecule has 2 aromatic rings. The van der Waals surface area contributed by atoms with E-state index in [1.807, 2.05) is 12.3 Å². The molecule has 126 valence electrons. The summed E-state index contributed by atoms with van der Waals surface area (Å²) in [5.74, 6) is 2.25. The van der Waals surface area contributed by atoms with E-state index in [1.54, 1.807) is 12.4 Å². The van der Waals surface area contributed by atoms with Gasteiger partial charge in [-0.2, -0.15) is 0 Å². The molecule has 0 unspecified atom stereocenters. The largest absolute Gasteiger partial charge is 0.350 e. The Morgan fingerprint density at radius 2 is 2.00 bits per heavy atom. The number of rotatable bonds is 4. The maximum absolute atomic E-state index is 12.0. The highest BCUT2D eigenvalue weighted by atomic mass is 16.1. The maximum Gasteiger partial charge on any atom is 0.225 e. The van der Waals surface area contributed by atoms with Gasteiger partial charge in [-0.05, 0) is 18.9 Å². The highest BCUT2D eigenvalue weighted by Gasteiger charge is 2.25. The molecule has 24 heavy (non-hydrogen) atoms. The van der Waals surface area contributed by atoms with Crippen LogP contribution in [0.1, 0.15) is 30.8 Å². The maximum atomic E-state index is 12.0. The molecule has 1 aliphatic heterocycles. The quantitative estimate of drug-likeness (QED) is 0.912. The normalized spacial score (nSPS) is 17.8. The van der Waals surface area contributed by atoms with Crippen molar-refractivity contribution in [3.8, 4) is 0 Å². The van der Waals surface area contributed by atoms with Crippen molar-refractivity contribution in [2.75, 3.05) is 18.0 Å². The Labute approximate surface area is 141 Å². The molecule has 4 rings (SSSR count). The summed E-state index contributed by atoms with van der Waals surface area (Å²) in [6.45, 7) is 3.10. The zero-order valence-electron chi connectivity index (χ0n) is 13.7. The van der Waals surface area contributed by atoms with Gasteiger partial charge in [0.2, 0.25) is 11.9 Å². The van der Waals surface area contributed by atoms with E-state index in [0.717, 1.165) is 56.4 Å². The fourth-order valence-electron chi connectivity index (χ4n) is 3.28. The number of hydrogen-bond donors (Lipinski definition) is 1. The third-order valence-electron chi connectivity index (χ3n) is 4.97. The molecule has 0 radical (unpaired) electrons. The van der Waals surface area contributed by atoms with Crippen LogP contribution in [0.3, 0.4) is 0 Å². The molecule has 0 atom stereocenters. The van der Waals surface area contributed by atoms with Crippen molar-refractivity contribution in [1.29, 1.82) is 0 Å². The Kier molecular flexibility index (Phi) is 4.15. The van der Waals surface area contributed by atoms with E-state index in [-0.39, 0.29) is 11.8 Å². The minimum atomic E-state index is 0.185. The zero-order chi connectivity index (χ0) is 16.4. The van der Waals surface area contributed by atoms with Gasteiger partial charge in [-0.25, -0.2) is 15.0 Å². The second-order valence-corrected chi connectivity index (χ2v) is 6.45. The second-order valence-electron chi connectivity index (χ2n) is 6.45. The van der Waals surface area contributed by atoms with Crippen LogP contribution in [0.5, 0.6) is 0 Å². The number of carbonyl (C=O) groups excluding carboxylic acids is 1. The molecule has 0 bridgehead atoms. The van der Waals surface area contributed by atoms with E-state index < -0.39 is 0 Å². The third kappa shape index (κ3) is 2.98. The topological polar surface area (TPSA) is 75.9 Å². The van der Waals surface area contributed by atoms with Crippen LogP contribution in [-0.2, 0) is 24.3 Å². The number of aromatic nitrogens is 4. The number of hydrogen-bond acceptors (Lipinski definition) is 5. The van der Waals surface area contributed by atoms with Crippen LogP contribution in [0.4, 0.5) is 5.95 Å². The molecule has 1 aliphatic carbocycles. The van der Waals surface area contributed by atoms with Gasteiger partial charge in [0, 0.05) is 44.4 Å². The highest BCUT2D eigenvalue weighted by molar-refractivity contribution is 5.79. The summed E-state index contributed by atoms with van der Waals surface area (Å²) in [5.41, 5.74) is 1.08. The number of fused-ring (bicyclic) bond motifs is 1. The summed E-state index contributed by atoms with van der Waals surface area (Å²) < 4.78 is 2.23. The van der Waals surface area contributed by atoms with Gasteiger partial charge in [0.05, 0.1) is 18.4 Å². The Morgan fingerprint density at radius 3 is 2.75 bits per heavy atom. The average Bonchev–Trinajstić information content (AvgIpc) is 2.82. The first-order chi connectivity index (χ1) is 11.8. The van der Waals surface area contributed by atoms with E-state index in [1.165, 1.54) is 6.42 Å². The molecule has 2 aliphatic rings. The van der Waals surface area contributed by atoms with Gasteiger partial charge in [-0.1, -0.05) is 6.42 Å². The fraction of sp³-hybridized carbons (Fsp3) is 0.529. The summed E-state index contributed by atoms with van der Waals surface area (Å²) >= 11 is 0. The van der Waals surface area contributed by atoms with Crippen molar-refractivity contribution in [2.24, 2.45) is 5.92 Å². The predicted octanol–water partition coefficient (Wildman–Crippen LogP) is 1.15. The molecular formula is C17H22N6O. The van der Waals surface area contributed by atoms with Gasteiger partial charge in [0.15, 0.2) is 0 Å². The first kappa shape index (κ1) is 15.1. The molecule has 7 heteroatoms. The SMILES string of the molecule is O=C(NCc1cnc2n1CCN(c1ncccn1)CC2)C1CCC1. The fourth-order valence-corrected chi connectivity index (χ4v) is 3.28. The van der Waals surface area contributed by atoms with E-state index >= 15 is 0 Å². The van der Waals surface area contributed by atoms with Gasteiger partial charge >= 0.3 is 0 Å². The first-order valence-electron chi connectivity index (χ1n) is 8.64. The Balaban J connectivity index is 1.41. The van der Waals surface area contributed by atoms with Crippen molar-refractivity contribution in [1.82, 2.24) is 24.8 Å². The lowest BCUT2D eigenvalue weighted by Gasteiger charge is -2.24. The smallest absolute Gasteiger partial charge is 0.225 e. The number of nitrogens with one attached hydrogen (secondary N) is 1. The van der Waals surface area contributed by atoms with E-state index in [4.69, 9.17) is 0 Å². The van der Waals surface area contributed by atoms with Crippen molar-refractivity contribution in [3.63, 3.8) is 0 Å². The Hall–Kier alpha value is -2.44. The van der Waals surface area contributed by atoms with Crippen LogP contribution >= 0.6 is 0 Å². The summed E-state index contributed by atoms with van der Waals surface area (Å²) in [5, 5.41) is 3.06. The standard InChI is InChI=1S/C17H22N6O/c24-16(13-3-1-4-13)21-12-14-11-20-15-5-8-22(9-10-23(14)15)17-18-6-2-7-19-17/h2,6-7,11,13H,1,3-5,8-10,12H2,(H,21,24). The molecule has 1 amide bonds. The molecule has 0 saturated heterocycles. The molecule has 2 aromatic heterocycles. The summed E-state index contributed by atoms with van der Waals surface area (Å²) in [4.78, 5) is 27.4. The average molecular weight is 326 g/mol.